The molecule has 3 N–H and O–H groups in total. The predicted octanol–water partition coefficient (Wildman–Crippen LogP) is -0.0639. The summed E-state index contributed by atoms with van der Waals surface area (Å²) in [5.41, 5.74) is 1.69. The van der Waals surface area contributed by atoms with Crippen LogP contribution in [-0.4, -0.2) is 23.7 Å². The van der Waals surface area contributed by atoms with Crippen LogP contribution in [0.4, 0.5) is 0 Å². The number of aliphatic hydroxyl groups is 1. The van der Waals surface area contributed by atoms with Crippen molar-refractivity contribution in [3.05, 3.63) is 33.7 Å². The van der Waals surface area contributed by atoms with E-state index in [2.05, 4.69) is 10.3 Å². The highest BCUT2D eigenvalue weighted by atomic mass is 16.3. The first kappa shape index (κ1) is 9.95. The lowest BCUT2D eigenvalue weighted by atomic mass is 10.1. The molecule has 0 saturated heterocycles. The molecule has 1 rings (SSSR count). The number of pyridine rings is 1. The molecule has 1 heterocycles. The predicted molar refractivity (Wildman–Crippen MR) is 50.7 cm³/mol. The number of aromatic amines is 1. The van der Waals surface area contributed by atoms with Crippen molar-refractivity contribution in [2.45, 2.75) is 13.0 Å². The minimum absolute atomic E-state index is 0.0172. The molecule has 0 radical (unpaired) electrons. The molecule has 1 aromatic heterocycles. The van der Waals surface area contributed by atoms with Crippen LogP contribution in [0.25, 0.3) is 0 Å². The second-order valence-electron chi connectivity index (χ2n) is 2.96. The van der Waals surface area contributed by atoms with Crippen molar-refractivity contribution < 1.29 is 5.11 Å². The Morgan fingerprint density at radius 2 is 2.38 bits per heavy atom. The van der Waals surface area contributed by atoms with E-state index < -0.39 is 0 Å². The molecule has 1 aromatic rings. The molecule has 1 unspecified atom stereocenters. The fraction of sp³-hybridized carbons (Fsp3) is 0.444. The standard InChI is InChI=1S/C9H14N2O2/c1-6-3-9(13)11-4-7(6)8(5-12)10-2/h3-4,8,10,12H,5H2,1-2H3,(H,11,13). The molecular formula is C9H14N2O2. The van der Waals surface area contributed by atoms with Crippen molar-refractivity contribution in [2.75, 3.05) is 13.7 Å². The highest BCUT2D eigenvalue weighted by Gasteiger charge is 2.09. The van der Waals surface area contributed by atoms with Gasteiger partial charge < -0.3 is 15.4 Å². The van der Waals surface area contributed by atoms with Gasteiger partial charge in [0.1, 0.15) is 0 Å². The Balaban J connectivity index is 3.06. The molecule has 0 saturated carbocycles. The summed E-state index contributed by atoms with van der Waals surface area (Å²) < 4.78 is 0. The second kappa shape index (κ2) is 4.20. The fourth-order valence-electron chi connectivity index (χ4n) is 1.30. The zero-order chi connectivity index (χ0) is 9.84. The van der Waals surface area contributed by atoms with Gasteiger partial charge in [0.15, 0.2) is 0 Å². The number of likely N-dealkylation sites (N-methyl/N-ethyl adjacent to an activating group) is 1. The molecule has 0 amide bonds. The van der Waals surface area contributed by atoms with E-state index in [-0.39, 0.29) is 18.2 Å². The van der Waals surface area contributed by atoms with E-state index in [4.69, 9.17) is 5.11 Å². The van der Waals surface area contributed by atoms with Crippen molar-refractivity contribution in [2.24, 2.45) is 0 Å². The number of hydrogen-bond donors (Lipinski definition) is 3. The lowest BCUT2D eigenvalue weighted by molar-refractivity contribution is 0.250. The van der Waals surface area contributed by atoms with Crippen LogP contribution in [0.5, 0.6) is 0 Å². The SMILES string of the molecule is CNC(CO)c1c[nH]c(=O)cc1C. The number of aromatic nitrogens is 1. The fourth-order valence-corrected chi connectivity index (χ4v) is 1.30. The van der Waals surface area contributed by atoms with Crippen LogP contribution in [0, 0.1) is 6.92 Å². The highest BCUT2D eigenvalue weighted by Crippen LogP contribution is 2.13. The van der Waals surface area contributed by atoms with Crippen molar-refractivity contribution in [1.29, 1.82) is 0 Å². The van der Waals surface area contributed by atoms with Crippen LogP contribution in [0.3, 0.4) is 0 Å². The van der Waals surface area contributed by atoms with Crippen LogP contribution in [0.15, 0.2) is 17.1 Å². The minimum atomic E-state index is -0.117. The third kappa shape index (κ3) is 2.17. The number of H-pyrrole nitrogens is 1. The first-order valence-corrected chi connectivity index (χ1v) is 4.16. The first-order chi connectivity index (χ1) is 6.19. The molecule has 72 valence electrons. The number of hydrogen-bond acceptors (Lipinski definition) is 3. The van der Waals surface area contributed by atoms with Crippen LogP contribution >= 0.6 is 0 Å². The zero-order valence-electron chi connectivity index (χ0n) is 7.79. The normalized spacial score (nSPS) is 12.8. The Morgan fingerprint density at radius 3 is 2.85 bits per heavy atom. The molecule has 0 aliphatic heterocycles. The monoisotopic (exact) mass is 182 g/mol. The zero-order valence-corrected chi connectivity index (χ0v) is 7.79. The number of rotatable bonds is 3. The average Bonchev–Trinajstić information content (AvgIpc) is 2.10. The largest absolute Gasteiger partial charge is 0.394 e. The van der Waals surface area contributed by atoms with Gasteiger partial charge in [-0.2, -0.15) is 0 Å². The van der Waals surface area contributed by atoms with Crippen LogP contribution in [0.1, 0.15) is 17.2 Å². The van der Waals surface area contributed by atoms with Crippen LogP contribution in [0.2, 0.25) is 0 Å². The van der Waals surface area contributed by atoms with Gasteiger partial charge in [0.05, 0.1) is 12.6 Å². The Bertz CT molecular complexity index is 329. The minimum Gasteiger partial charge on any atom is -0.394 e. The molecule has 0 spiro atoms. The molecule has 0 aliphatic carbocycles. The van der Waals surface area contributed by atoms with Crippen LogP contribution < -0.4 is 10.9 Å². The summed E-state index contributed by atoms with van der Waals surface area (Å²) in [6, 6.07) is 1.41. The van der Waals surface area contributed by atoms with Gasteiger partial charge in [0, 0.05) is 12.3 Å². The maximum atomic E-state index is 10.9. The third-order valence-corrected chi connectivity index (χ3v) is 2.08. The van der Waals surface area contributed by atoms with E-state index in [1.165, 1.54) is 6.07 Å². The summed E-state index contributed by atoms with van der Waals surface area (Å²) in [7, 11) is 1.77. The number of nitrogens with one attached hydrogen (secondary N) is 2. The van der Waals surface area contributed by atoms with Gasteiger partial charge in [-0.15, -0.1) is 0 Å². The summed E-state index contributed by atoms with van der Waals surface area (Å²) >= 11 is 0. The Labute approximate surface area is 76.6 Å². The van der Waals surface area contributed by atoms with Gasteiger partial charge in [-0.05, 0) is 25.1 Å². The van der Waals surface area contributed by atoms with Gasteiger partial charge in [-0.25, -0.2) is 0 Å². The van der Waals surface area contributed by atoms with Gasteiger partial charge in [-0.3, -0.25) is 4.79 Å². The molecule has 0 bridgehead atoms. The number of aliphatic hydroxyl groups excluding tert-OH is 1. The lowest BCUT2D eigenvalue weighted by Gasteiger charge is -2.15. The molecule has 0 fully saturated rings. The number of aryl methyl sites for hydroxylation is 1. The summed E-state index contributed by atoms with van der Waals surface area (Å²) in [5, 5.41) is 12.0. The molecule has 13 heavy (non-hydrogen) atoms. The molecule has 1 atom stereocenters. The van der Waals surface area contributed by atoms with Crippen molar-refractivity contribution in [1.82, 2.24) is 10.3 Å². The van der Waals surface area contributed by atoms with Crippen molar-refractivity contribution in [3.8, 4) is 0 Å². The molecule has 0 aromatic carbocycles. The maximum absolute atomic E-state index is 10.9. The summed E-state index contributed by atoms with van der Waals surface area (Å²) in [6.45, 7) is 1.87. The molecule has 4 heteroatoms. The topological polar surface area (TPSA) is 65.1 Å². The Morgan fingerprint density at radius 1 is 1.69 bits per heavy atom. The quantitative estimate of drug-likeness (QED) is 0.613. The van der Waals surface area contributed by atoms with E-state index in [0.29, 0.717) is 0 Å². The second-order valence-corrected chi connectivity index (χ2v) is 2.96. The first-order valence-electron chi connectivity index (χ1n) is 4.16. The van der Waals surface area contributed by atoms with E-state index in [1.54, 1.807) is 13.2 Å². The Kier molecular flexibility index (Phi) is 3.22. The van der Waals surface area contributed by atoms with Crippen molar-refractivity contribution >= 4 is 0 Å². The van der Waals surface area contributed by atoms with Gasteiger partial charge >= 0.3 is 0 Å². The Hall–Kier alpha value is -1.13. The third-order valence-electron chi connectivity index (χ3n) is 2.08. The van der Waals surface area contributed by atoms with E-state index in [9.17, 15) is 4.79 Å². The van der Waals surface area contributed by atoms with Gasteiger partial charge in [0.2, 0.25) is 5.56 Å². The summed E-state index contributed by atoms with van der Waals surface area (Å²) in [6.07, 6.45) is 1.63. The highest BCUT2D eigenvalue weighted by molar-refractivity contribution is 5.25. The molecular weight excluding hydrogens is 168 g/mol. The van der Waals surface area contributed by atoms with E-state index >= 15 is 0 Å². The van der Waals surface area contributed by atoms with Crippen molar-refractivity contribution in [3.63, 3.8) is 0 Å². The van der Waals surface area contributed by atoms with Gasteiger partial charge in [0.25, 0.3) is 0 Å². The van der Waals surface area contributed by atoms with E-state index in [1.807, 2.05) is 6.92 Å². The van der Waals surface area contributed by atoms with Crippen LogP contribution in [-0.2, 0) is 0 Å². The average molecular weight is 182 g/mol. The molecule has 4 nitrogen and oxygen atoms in total. The smallest absolute Gasteiger partial charge is 0.248 e. The summed E-state index contributed by atoms with van der Waals surface area (Å²) in [5.74, 6) is 0. The van der Waals surface area contributed by atoms with Gasteiger partial charge in [-0.1, -0.05) is 0 Å². The maximum Gasteiger partial charge on any atom is 0.248 e. The summed E-state index contributed by atoms with van der Waals surface area (Å²) in [4.78, 5) is 13.5. The lowest BCUT2D eigenvalue weighted by Crippen LogP contribution is -2.22. The molecule has 0 aliphatic rings. The van der Waals surface area contributed by atoms with E-state index in [0.717, 1.165) is 11.1 Å².